The highest BCUT2D eigenvalue weighted by atomic mass is 16.1. The fourth-order valence-corrected chi connectivity index (χ4v) is 2.22. The molecular formula is C12H21N5O. The van der Waals surface area contributed by atoms with Crippen LogP contribution in [0.1, 0.15) is 24.1 Å². The first-order valence-electron chi connectivity index (χ1n) is 6.24. The molecular weight excluding hydrogens is 230 g/mol. The highest BCUT2D eigenvalue weighted by Gasteiger charge is 2.23. The van der Waals surface area contributed by atoms with Crippen LogP contribution in [0.5, 0.6) is 0 Å². The summed E-state index contributed by atoms with van der Waals surface area (Å²) in [5.74, 6) is 0.622. The predicted octanol–water partition coefficient (Wildman–Crippen LogP) is -0.0980. The van der Waals surface area contributed by atoms with Gasteiger partial charge in [0.1, 0.15) is 5.82 Å². The molecule has 0 aliphatic heterocycles. The number of likely N-dealkylation sites (N-methyl/N-ethyl adjacent to an activating group) is 1. The number of aromatic nitrogens is 2. The number of carbonyl (C=O) groups excluding carboxylic acids is 1. The first-order valence-corrected chi connectivity index (χ1v) is 6.24. The molecule has 18 heavy (non-hydrogen) atoms. The van der Waals surface area contributed by atoms with Crippen molar-refractivity contribution in [3.63, 3.8) is 0 Å². The van der Waals surface area contributed by atoms with E-state index in [-0.39, 0.29) is 12.5 Å². The van der Waals surface area contributed by atoms with Gasteiger partial charge in [0, 0.05) is 32.2 Å². The van der Waals surface area contributed by atoms with Crippen LogP contribution in [0.4, 0.5) is 5.82 Å². The second kappa shape index (κ2) is 4.97. The average Bonchev–Trinajstić information content (AvgIpc) is 3.01. The molecule has 6 nitrogen and oxygen atoms in total. The maximum absolute atomic E-state index is 11.0. The van der Waals surface area contributed by atoms with Crippen LogP contribution in [0.3, 0.4) is 0 Å². The summed E-state index contributed by atoms with van der Waals surface area (Å²) in [6, 6.07) is 0.652. The molecule has 1 heterocycles. The molecule has 1 aliphatic carbocycles. The fraction of sp³-hybridized carbons (Fsp3) is 0.667. The maximum Gasteiger partial charge on any atom is 0.236 e. The van der Waals surface area contributed by atoms with Crippen LogP contribution in [0.25, 0.3) is 0 Å². The molecule has 6 heteroatoms. The number of aryl methyl sites for hydroxylation is 2. The van der Waals surface area contributed by atoms with Crippen molar-refractivity contribution in [3.8, 4) is 0 Å². The number of primary amides is 1. The largest absolute Gasteiger partial charge is 0.368 e. The quantitative estimate of drug-likeness (QED) is 0.740. The summed E-state index contributed by atoms with van der Waals surface area (Å²) >= 11 is 0. The van der Waals surface area contributed by atoms with Gasteiger partial charge in [0.25, 0.3) is 0 Å². The zero-order valence-corrected chi connectivity index (χ0v) is 11.2. The summed E-state index contributed by atoms with van der Waals surface area (Å²) in [6.07, 6.45) is 2.51. The zero-order chi connectivity index (χ0) is 13.3. The lowest BCUT2D eigenvalue weighted by Gasteiger charge is -2.19. The Morgan fingerprint density at radius 2 is 2.28 bits per heavy atom. The average molecular weight is 251 g/mol. The van der Waals surface area contributed by atoms with Crippen molar-refractivity contribution in [3.05, 3.63) is 11.3 Å². The summed E-state index contributed by atoms with van der Waals surface area (Å²) in [4.78, 5) is 12.9. The van der Waals surface area contributed by atoms with E-state index in [0.717, 1.165) is 23.6 Å². The van der Waals surface area contributed by atoms with Gasteiger partial charge in [-0.05, 0) is 19.8 Å². The van der Waals surface area contributed by atoms with Crippen molar-refractivity contribution in [1.29, 1.82) is 0 Å². The monoisotopic (exact) mass is 251 g/mol. The van der Waals surface area contributed by atoms with Gasteiger partial charge in [0.2, 0.25) is 5.91 Å². The van der Waals surface area contributed by atoms with E-state index in [9.17, 15) is 4.79 Å². The Bertz CT molecular complexity index is 450. The van der Waals surface area contributed by atoms with Gasteiger partial charge in [-0.3, -0.25) is 9.48 Å². The van der Waals surface area contributed by atoms with Crippen molar-refractivity contribution in [1.82, 2.24) is 15.1 Å². The third-order valence-electron chi connectivity index (χ3n) is 3.21. The van der Waals surface area contributed by atoms with Gasteiger partial charge in [0.15, 0.2) is 0 Å². The van der Waals surface area contributed by atoms with Crippen LogP contribution in [0.15, 0.2) is 0 Å². The van der Waals surface area contributed by atoms with Gasteiger partial charge in [0.05, 0.1) is 12.2 Å². The van der Waals surface area contributed by atoms with E-state index >= 15 is 0 Å². The second-order valence-electron chi connectivity index (χ2n) is 4.99. The Labute approximate surface area is 107 Å². The summed E-state index contributed by atoms with van der Waals surface area (Å²) in [5, 5.41) is 7.90. The first-order chi connectivity index (χ1) is 8.49. The standard InChI is InChI=1S/C12H21N5O/c1-8-10(6-14-9-4-5-9)12(17(3)15-8)16(2)7-11(13)18/h9,14H,4-7H2,1-3H3,(H2,13,18). The van der Waals surface area contributed by atoms with Crippen LogP contribution in [0, 0.1) is 6.92 Å². The molecule has 1 aromatic heterocycles. The van der Waals surface area contributed by atoms with Crippen molar-refractivity contribution in [2.24, 2.45) is 12.8 Å². The van der Waals surface area contributed by atoms with Crippen LogP contribution in [-0.2, 0) is 18.4 Å². The first kappa shape index (κ1) is 12.9. The van der Waals surface area contributed by atoms with E-state index < -0.39 is 0 Å². The summed E-state index contributed by atoms with van der Waals surface area (Å²) in [5.41, 5.74) is 7.39. The van der Waals surface area contributed by atoms with Gasteiger partial charge in [-0.25, -0.2) is 0 Å². The second-order valence-corrected chi connectivity index (χ2v) is 4.99. The van der Waals surface area contributed by atoms with Crippen LogP contribution in [0.2, 0.25) is 0 Å². The number of rotatable bonds is 6. The van der Waals surface area contributed by atoms with Gasteiger partial charge in [-0.1, -0.05) is 0 Å². The number of carbonyl (C=O) groups is 1. The molecule has 0 spiro atoms. The Morgan fingerprint density at radius 1 is 1.61 bits per heavy atom. The predicted molar refractivity (Wildman–Crippen MR) is 70.3 cm³/mol. The van der Waals surface area contributed by atoms with E-state index in [4.69, 9.17) is 5.73 Å². The van der Waals surface area contributed by atoms with E-state index in [1.165, 1.54) is 12.8 Å². The smallest absolute Gasteiger partial charge is 0.236 e. The Kier molecular flexibility index (Phi) is 3.56. The van der Waals surface area contributed by atoms with Crippen LogP contribution < -0.4 is 16.0 Å². The molecule has 0 saturated heterocycles. The van der Waals surface area contributed by atoms with Gasteiger partial charge in [-0.15, -0.1) is 0 Å². The van der Waals surface area contributed by atoms with E-state index in [2.05, 4.69) is 10.4 Å². The number of nitrogens with one attached hydrogen (secondary N) is 1. The zero-order valence-electron chi connectivity index (χ0n) is 11.2. The molecule has 0 atom stereocenters. The maximum atomic E-state index is 11.0. The Hall–Kier alpha value is -1.56. The molecule has 0 unspecified atom stereocenters. The topological polar surface area (TPSA) is 76.2 Å². The SMILES string of the molecule is Cc1nn(C)c(N(C)CC(N)=O)c1CNC1CC1. The van der Waals surface area contributed by atoms with Crippen LogP contribution >= 0.6 is 0 Å². The van der Waals surface area contributed by atoms with E-state index in [0.29, 0.717) is 6.04 Å². The summed E-state index contributed by atoms with van der Waals surface area (Å²) < 4.78 is 1.81. The Morgan fingerprint density at radius 3 is 2.83 bits per heavy atom. The number of nitrogens with zero attached hydrogens (tertiary/aromatic N) is 3. The lowest BCUT2D eigenvalue weighted by Crippen LogP contribution is -2.32. The molecule has 0 radical (unpaired) electrons. The molecule has 0 bridgehead atoms. The minimum absolute atomic E-state index is 0.204. The molecule has 0 aromatic carbocycles. The fourth-order valence-electron chi connectivity index (χ4n) is 2.22. The lowest BCUT2D eigenvalue weighted by molar-refractivity contribution is -0.116. The van der Waals surface area contributed by atoms with Crippen LogP contribution in [-0.4, -0.2) is 35.3 Å². The van der Waals surface area contributed by atoms with E-state index in [1.54, 1.807) is 0 Å². The minimum Gasteiger partial charge on any atom is -0.368 e. The van der Waals surface area contributed by atoms with Gasteiger partial charge >= 0.3 is 0 Å². The highest BCUT2D eigenvalue weighted by molar-refractivity contribution is 5.79. The summed E-state index contributed by atoms with van der Waals surface area (Å²) in [7, 11) is 3.75. The third-order valence-corrected chi connectivity index (χ3v) is 3.21. The molecule has 1 saturated carbocycles. The van der Waals surface area contributed by atoms with Crippen molar-refractivity contribution in [2.75, 3.05) is 18.5 Å². The number of anilines is 1. The minimum atomic E-state index is -0.336. The molecule has 1 amide bonds. The molecule has 1 aliphatic rings. The number of hydrogen-bond acceptors (Lipinski definition) is 4. The molecule has 2 rings (SSSR count). The summed E-state index contributed by atoms with van der Waals surface area (Å²) in [6.45, 7) is 2.99. The lowest BCUT2D eigenvalue weighted by atomic mass is 10.2. The molecule has 100 valence electrons. The van der Waals surface area contributed by atoms with Gasteiger partial charge < -0.3 is 16.0 Å². The number of hydrogen-bond donors (Lipinski definition) is 2. The number of amides is 1. The molecule has 3 N–H and O–H groups in total. The third kappa shape index (κ3) is 2.81. The molecule has 1 aromatic rings. The Balaban J connectivity index is 2.17. The van der Waals surface area contributed by atoms with E-state index in [1.807, 2.05) is 30.6 Å². The van der Waals surface area contributed by atoms with Crippen molar-refractivity contribution >= 4 is 11.7 Å². The number of nitrogens with two attached hydrogens (primary N) is 1. The van der Waals surface area contributed by atoms with Gasteiger partial charge in [-0.2, -0.15) is 5.10 Å². The van der Waals surface area contributed by atoms with Crippen molar-refractivity contribution < 1.29 is 4.79 Å². The highest BCUT2D eigenvalue weighted by Crippen LogP contribution is 2.24. The normalized spacial score (nSPS) is 14.8. The van der Waals surface area contributed by atoms with Crippen molar-refractivity contribution in [2.45, 2.75) is 32.4 Å². The molecule has 1 fully saturated rings.